The number of hydrogen-bond donors (Lipinski definition) is 3. The molecule has 0 aliphatic heterocycles. The van der Waals surface area contributed by atoms with E-state index in [-0.39, 0.29) is 26.4 Å². The van der Waals surface area contributed by atoms with Gasteiger partial charge in [0.05, 0.1) is 21.3 Å². The molecule has 1 aromatic heterocycles. The van der Waals surface area contributed by atoms with Crippen LogP contribution >= 0.6 is 34.8 Å². The summed E-state index contributed by atoms with van der Waals surface area (Å²) in [6.07, 6.45) is 1.40. The quantitative estimate of drug-likeness (QED) is 0.485. The topological polar surface area (TPSA) is 91.6 Å². The van der Waals surface area contributed by atoms with Gasteiger partial charge in [0.15, 0.2) is 5.76 Å². The van der Waals surface area contributed by atoms with E-state index in [1.54, 1.807) is 30.3 Å². The van der Waals surface area contributed by atoms with Gasteiger partial charge in [-0.05, 0) is 42.5 Å². The van der Waals surface area contributed by atoms with E-state index in [0.29, 0.717) is 11.4 Å². The van der Waals surface area contributed by atoms with Gasteiger partial charge in [0.2, 0.25) is 0 Å². The van der Waals surface area contributed by atoms with Crippen LogP contribution < -0.4 is 10.6 Å². The van der Waals surface area contributed by atoms with Crippen molar-refractivity contribution in [2.24, 2.45) is 0 Å². The van der Waals surface area contributed by atoms with Crippen molar-refractivity contribution in [2.75, 3.05) is 10.6 Å². The fourth-order valence-corrected chi connectivity index (χ4v) is 2.92. The van der Waals surface area contributed by atoms with Crippen molar-refractivity contribution in [3.05, 3.63) is 75.1 Å². The Morgan fingerprint density at radius 2 is 1.48 bits per heavy atom. The highest BCUT2D eigenvalue weighted by Gasteiger charge is 2.21. The molecule has 138 valence electrons. The fraction of sp³-hybridized carbons (Fsp3) is 0. The second-order valence-corrected chi connectivity index (χ2v) is 6.53. The SMILES string of the molecule is O=C(Nc1ccc(NC(=O)c2c(O)c(Cl)cc(Cl)c2Cl)cc1)c1ccco1. The molecule has 0 aliphatic carbocycles. The second kappa shape index (κ2) is 7.92. The summed E-state index contributed by atoms with van der Waals surface area (Å²) in [6.45, 7) is 0. The Kier molecular flexibility index (Phi) is 5.60. The zero-order valence-corrected chi connectivity index (χ0v) is 15.7. The number of amides is 2. The summed E-state index contributed by atoms with van der Waals surface area (Å²) in [4.78, 5) is 24.3. The molecule has 0 radical (unpaired) electrons. The van der Waals surface area contributed by atoms with Crippen molar-refractivity contribution in [1.29, 1.82) is 0 Å². The molecule has 3 N–H and O–H groups in total. The highest BCUT2D eigenvalue weighted by molar-refractivity contribution is 6.46. The third-order valence-corrected chi connectivity index (χ3v) is 4.59. The van der Waals surface area contributed by atoms with Crippen LogP contribution in [0.25, 0.3) is 0 Å². The van der Waals surface area contributed by atoms with E-state index in [1.807, 2.05) is 0 Å². The predicted molar refractivity (Wildman–Crippen MR) is 104 cm³/mol. The maximum Gasteiger partial charge on any atom is 0.291 e. The number of phenols is 1. The van der Waals surface area contributed by atoms with Gasteiger partial charge in [-0.25, -0.2) is 0 Å². The molecule has 2 aromatic carbocycles. The fourth-order valence-electron chi connectivity index (χ4n) is 2.22. The molecule has 0 saturated carbocycles. The molecule has 2 amide bonds. The molecule has 27 heavy (non-hydrogen) atoms. The third-order valence-electron chi connectivity index (χ3n) is 3.52. The lowest BCUT2D eigenvalue weighted by atomic mass is 10.1. The molecule has 0 bridgehead atoms. The molecule has 0 aliphatic rings. The first kappa shape index (κ1) is 19.1. The van der Waals surface area contributed by atoms with Crippen LogP contribution in [0.4, 0.5) is 11.4 Å². The lowest BCUT2D eigenvalue weighted by Gasteiger charge is -2.11. The Bertz CT molecular complexity index is 976. The third kappa shape index (κ3) is 4.19. The summed E-state index contributed by atoms with van der Waals surface area (Å²) >= 11 is 17.7. The zero-order valence-electron chi connectivity index (χ0n) is 13.4. The molecule has 0 atom stereocenters. The van der Waals surface area contributed by atoms with Gasteiger partial charge < -0.3 is 20.2 Å². The molecule has 0 spiro atoms. The molecular formula is C18H11Cl3N2O4. The lowest BCUT2D eigenvalue weighted by molar-refractivity contribution is 0.0994. The number of phenolic OH excluding ortho intramolecular Hbond substituents is 1. The largest absolute Gasteiger partial charge is 0.505 e. The lowest BCUT2D eigenvalue weighted by Crippen LogP contribution is -2.14. The standard InChI is InChI=1S/C18H11Cl3N2O4/c19-11-8-12(20)16(24)14(15(11)21)18(26)23-10-5-3-9(4-6-10)22-17(25)13-2-1-7-27-13/h1-8,24H,(H,22,25)(H,23,26). The Morgan fingerprint density at radius 3 is 2.04 bits per heavy atom. The first-order valence-corrected chi connectivity index (χ1v) is 8.63. The van der Waals surface area contributed by atoms with Crippen molar-refractivity contribution in [1.82, 2.24) is 0 Å². The van der Waals surface area contributed by atoms with Crippen molar-refractivity contribution in [3.63, 3.8) is 0 Å². The van der Waals surface area contributed by atoms with Gasteiger partial charge in [-0.1, -0.05) is 34.8 Å². The first-order valence-electron chi connectivity index (χ1n) is 7.49. The molecule has 6 nitrogen and oxygen atoms in total. The summed E-state index contributed by atoms with van der Waals surface area (Å²) in [6, 6.07) is 10.7. The summed E-state index contributed by atoms with van der Waals surface area (Å²) in [5.74, 6) is -1.38. The van der Waals surface area contributed by atoms with E-state index < -0.39 is 17.6 Å². The smallest absolute Gasteiger partial charge is 0.291 e. The van der Waals surface area contributed by atoms with E-state index in [9.17, 15) is 14.7 Å². The Hall–Kier alpha value is -2.67. The molecular weight excluding hydrogens is 415 g/mol. The van der Waals surface area contributed by atoms with Crippen molar-refractivity contribution >= 4 is 58.0 Å². The van der Waals surface area contributed by atoms with Crippen LogP contribution in [0.2, 0.25) is 15.1 Å². The van der Waals surface area contributed by atoms with Crippen molar-refractivity contribution in [2.45, 2.75) is 0 Å². The number of hydrogen-bond acceptors (Lipinski definition) is 4. The van der Waals surface area contributed by atoms with Crippen molar-refractivity contribution in [3.8, 4) is 5.75 Å². The maximum absolute atomic E-state index is 12.4. The highest BCUT2D eigenvalue weighted by Crippen LogP contribution is 2.38. The van der Waals surface area contributed by atoms with Crippen LogP contribution in [0.1, 0.15) is 20.9 Å². The van der Waals surface area contributed by atoms with Gasteiger partial charge in [0, 0.05) is 11.4 Å². The number of aromatic hydroxyl groups is 1. The van der Waals surface area contributed by atoms with E-state index >= 15 is 0 Å². The summed E-state index contributed by atoms with van der Waals surface area (Å²) in [5.41, 5.74) is 0.674. The monoisotopic (exact) mass is 424 g/mol. The number of carbonyl (C=O) groups is 2. The number of anilines is 2. The number of carbonyl (C=O) groups excluding carboxylic acids is 2. The van der Waals surface area contributed by atoms with Gasteiger partial charge >= 0.3 is 0 Å². The van der Waals surface area contributed by atoms with Gasteiger partial charge in [-0.3, -0.25) is 9.59 Å². The van der Waals surface area contributed by atoms with Crippen molar-refractivity contribution < 1.29 is 19.1 Å². The normalized spacial score (nSPS) is 10.5. The minimum atomic E-state index is -0.686. The van der Waals surface area contributed by atoms with E-state index in [2.05, 4.69) is 10.6 Å². The second-order valence-electron chi connectivity index (χ2n) is 5.34. The van der Waals surface area contributed by atoms with Gasteiger partial charge in [0.1, 0.15) is 11.3 Å². The van der Waals surface area contributed by atoms with Gasteiger partial charge in [-0.15, -0.1) is 0 Å². The van der Waals surface area contributed by atoms with Crippen LogP contribution in [0.3, 0.4) is 0 Å². The van der Waals surface area contributed by atoms with Gasteiger partial charge in [0.25, 0.3) is 11.8 Å². The molecule has 0 unspecified atom stereocenters. The first-order chi connectivity index (χ1) is 12.9. The molecule has 0 saturated heterocycles. The molecule has 9 heteroatoms. The highest BCUT2D eigenvalue weighted by atomic mass is 35.5. The van der Waals surface area contributed by atoms with Crippen LogP contribution in [0, 0.1) is 0 Å². The van der Waals surface area contributed by atoms with Crippen LogP contribution in [-0.4, -0.2) is 16.9 Å². The van der Waals surface area contributed by atoms with Crippen LogP contribution in [-0.2, 0) is 0 Å². The van der Waals surface area contributed by atoms with Gasteiger partial charge in [-0.2, -0.15) is 0 Å². The molecule has 3 rings (SSSR count). The number of rotatable bonds is 4. The van der Waals surface area contributed by atoms with E-state index in [1.165, 1.54) is 18.4 Å². The average Bonchev–Trinajstić information content (AvgIpc) is 3.17. The van der Waals surface area contributed by atoms with Crippen LogP contribution in [0.15, 0.2) is 53.1 Å². The van der Waals surface area contributed by atoms with E-state index in [0.717, 1.165) is 0 Å². The Balaban J connectivity index is 1.74. The minimum Gasteiger partial charge on any atom is -0.505 e. The molecule has 0 fully saturated rings. The number of benzene rings is 2. The Labute approximate surface area is 168 Å². The number of halogens is 3. The predicted octanol–water partition coefficient (Wildman–Crippen LogP) is 5.45. The maximum atomic E-state index is 12.4. The summed E-state index contributed by atoms with van der Waals surface area (Å²) in [5, 5.41) is 15.0. The van der Waals surface area contributed by atoms with E-state index in [4.69, 9.17) is 39.2 Å². The Morgan fingerprint density at radius 1 is 0.889 bits per heavy atom. The number of furan rings is 1. The van der Waals surface area contributed by atoms with Crippen LogP contribution in [0.5, 0.6) is 5.75 Å². The zero-order chi connectivity index (χ0) is 19.6. The minimum absolute atomic E-state index is 0.0422. The molecule has 1 heterocycles. The average molecular weight is 426 g/mol. The summed E-state index contributed by atoms with van der Waals surface area (Å²) < 4.78 is 5.01. The molecule has 3 aromatic rings. The number of nitrogens with one attached hydrogen (secondary N) is 2. The summed E-state index contributed by atoms with van der Waals surface area (Å²) in [7, 11) is 0.